The molecule has 0 saturated heterocycles. The normalized spacial score (nSPS) is 12.1. The van der Waals surface area contributed by atoms with E-state index in [1.807, 2.05) is 0 Å². The Balaban J connectivity index is 1.78. The van der Waals surface area contributed by atoms with E-state index in [0.29, 0.717) is 12.1 Å². The van der Waals surface area contributed by atoms with E-state index in [1.165, 1.54) is 45.1 Å². The molecular formula is C20H19FN6O2S. The number of aliphatic imine (C=N–C) groups is 1. The summed E-state index contributed by atoms with van der Waals surface area (Å²) in [4.78, 5) is 33.9. The summed E-state index contributed by atoms with van der Waals surface area (Å²) in [5, 5.41) is 6.86. The van der Waals surface area contributed by atoms with Crippen molar-refractivity contribution in [2.24, 2.45) is 4.99 Å². The molecule has 1 aromatic carbocycles. The number of rotatable bonds is 8. The number of nitrogens with zero attached hydrogens (tertiary/aromatic N) is 5. The van der Waals surface area contributed by atoms with Gasteiger partial charge in [0, 0.05) is 16.6 Å². The van der Waals surface area contributed by atoms with Gasteiger partial charge in [-0.15, -0.1) is 11.3 Å². The van der Waals surface area contributed by atoms with E-state index < -0.39 is 5.69 Å². The van der Waals surface area contributed by atoms with E-state index in [9.17, 15) is 14.0 Å². The molecule has 1 N–H and O–H groups in total. The van der Waals surface area contributed by atoms with Crippen molar-refractivity contribution in [1.29, 1.82) is 0 Å². The molecule has 0 aliphatic heterocycles. The summed E-state index contributed by atoms with van der Waals surface area (Å²) in [6.07, 6.45) is 6.05. The van der Waals surface area contributed by atoms with Crippen LogP contribution in [0.25, 0.3) is 5.82 Å². The summed E-state index contributed by atoms with van der Waals surface area (Å²) in [5.41, 5.74) is 2.27. The van der Waals surface area contributed by atoms with Crippen molar-refractivity contribution in [3.8, 4) is 0 Å². The molecule has 0 unspecified atom stereocenters. The van der Waals surface area contributed by atoms with E-state index in [-0.39, 0.29) is 24.1 Å². The molecule has 3 rings (SSSR count). The highest BCUT2D eigenvalue weighted by atomic mass is 32.1. The fourth-order valence-corrected chi connectivity index (χ4v) is 3.11. The Morgan fingerprint density at radius 1 is 1.37 bits per heavy atom. The second kappa shape index (κ2) is 9.70. The van der Waals surface area contributed by atoms with Crippen molar-refractivity contribution >= 4 is 29.8 Å². The van der Waals surface area contributed by atoms with Crippen LogP contribution in [0.15, 0.2) is 69.8 Å². The molecule has 0 atom stereocenters. The van der Waals surface area contributed by atoms with Crippen LogP contribution in [0.5, 0.6) is 0 Å². The molecule has 1 amide bonds. The molecule has 0 aliphatic carbocycles. The summed E-state index contributed by atoms with van der Waals surface area (Å²) in [6.45, 7) is 5.72. The zero-order valence-corrected chi connectivity index (χ0v) is 17.0. The van der Waals surface area contributed by atoms with Crippen LogP contribution in [0.2, 0.25) is 0 Å². The average molecular weight is 426 g/mol. The predicted octanol–water partition coefficient (Wildman–Crippen LogP) is 2.45. The standard InChI is InChI=1S/C20H19FN6O2S/c1-3-15(19(28)24-10-17-9-23-13-30-17)8-18(22-2)26-12-25-27(20(26)29)11-14-4-6-16(21)7-5-14/h3-9,12-13H,2,10-11H2,1H3,(H,24,28)/b15-3+,18-8+. The first kappa shape index (κ1) is 21.1. The first-order chi connectivity index (χ1) is 14.5. The first-order valence-electron chi connectivity index (χ1n) is 8.91. The molecule has 154 valence electrons. The molecule has 30 heavy (non-hydrogen) atoms. The van der Waals surface area contributed by atoms with Gasteiger partial charge >= 0.3 is 5.69 Å². The Bertz CT molecular complexity index is 1140. The highest BCUT2D eigenvalue weighted by Gasteiger charge is 2.12. The smallest absolute Gasteiger partial charge is 0.347 e. The van der Waals surface area contributed by atoms with Gasteiger partial charge in [0.25, 0.3) is 5.91 Å². The number of halogens is 1. The Labute approximate surface area is 175 Å². The maximum absolute atomic E-state index is 13.1. The Morgan fingerprint density at radius 2 is 2.13 bits per heavy atom. The zero-order chi connectivity index (χ0) is 21.5. The number of amides is 1. The van der Waals surface area contributed by atoms with Gasteiger partial charge in [0.2, 0.25) is 0 Å². The minimum atomic E-state index is -0.460. The maximum Gasteiger partial charge on any atom is 0.351 e. The molecular weight excluding hydrogens is 407 g/mol. The van der Waals surface area contributed by atoms with Crippen molar-refractivity contribution in [2.45, 2.75) is 20.0 Å². The summed E-state index contributed by atoms with van der Waals surface area (Å²) in [7, 11) is 0. The lowest BCUT2D eigenvalue weighted by molar-refractivity contribution is -0.117. The highest BCUT2D eigenvalue weighted by molar-refractivity contribution is 7.09. The minimum absolute atomic E-state index is 0.159. The van der Waals surface area contributed by atoms with Gasteiger partial charge in [0.15, 0.2) is 0 Å². The van der Waals surface area contributed by atoms with Crippen molar-refractivity contribution < 1.29 is 9.18 Å². The molecule has 2 aromatic heterocycles. The Hall–Kier alpha value is -3.66. The van der Waals surface area contributed by atoms with Crippen molar-refractivity contribution in [3.63, 3.8) is 0 Å². The molecule has 3 aromatic rings. The van der Waals surface area contributed by atoms with Gasteiger partial charge in [0.05, 0.1) is 18.6 Å². The minimum Gasteiger partial charge on any atom is -0.347 e. The summed E-state index contributed by atoms with van der Waals surface area (Å²) in [6, 6.07) is 5.79. The van der Waals surface area contributed by atoms with E-state index in [0.717, 1.165) is 10.4 Å². The van der Waals surface area contributed by atoms with Crippen LogP contribution in [0.1, 0.15) is 17.4 Å². The molecule has 8 nitrogen and oxygen atoms in total. The van der Waals surface area contributed by atoms with Crippen LogP contribution in [0, 0.1) is 5.82 Å². The van der Waals surface area contributed by atoms with Crippen LogP contribution in [-0.2, 0) is 17.9 Å². The second-order valence-corrected chi connectivity index (χ2v) is 7.09. The largest absolute Gasteiger partial charge is 0.351 e. The summed E-state index contributed by atoms with van der Waals surface area (Å²) >= 11 is 1.44. The van der Waals surface area contributed by atoms with Gasteiger partial charge < -0.3 is 5.32 Å². The lowest BCUT2D eigenvalue weighted by Crippen LogP contribution is -2.26. The van der Waals surface area contributed by atoms with Gasteiger partial charge in [-0.25, -0.2) is 23.4 Å². The van der Waals surface area contributed by atoms with Gasteiger partial charge in [-0.05, 0) is 37.4 Å². The van der Waals surface area contributed by atoms with E-state index in [2.05, 4.69) is 27.1 Å². The van der Waals surface area contributed by atoms with Crippen molar-refractivity contribution in [1.82, 2.24) is 24.6 Å². The van der Waals surface area contributed by atoms with Crippen LogP contribution < -0.4 is 11.0 Å². The van der Waals surface area contributed by atoms with E-state index >= 15 is 0 Å². The number of allylic oxidation sites excluding steroid dienone is 1. The summed E-state index contributed by atoms with van der Waals surface area (Å²) in [5.74, 6) is -0.518. The number of aromatic nitrogens is 4. The summed E-state index contributed by atoms with van der Waals surface area (Å²) < 4.78 is 15.5. The second-order valence-electron chi connectivity index (χ2n) is 6.12. The van der Waals surface area contributed by atoms with Crippen molar-refractivity contribution in [2.75, 3.05) is 0 Å². The van der Waals surface area contributed by atoms with Crippen LogP contribution in [0.3, 0.4) is 0 Å². The number of hydrogen-bond acceptors (Lipinski definition) is 6. The maximum atomic E-state index is 13.1. The number of nitrogens with one attached hydrogen (secondary N) is 1. The molecule has 0 aliphatic rings. The molecule has 0 saturated carbocycles. The number of hydrogen-bond donors (Lipinski definition) is 1. The number of carbonyl (C=O) groups is 1. The van der Waals surface area contributed by atoms with Crippen LogP contribution in [0.4, 0.5) is 4.39 Å². The third kappa shape index (κ3) is 5.03. The predicted molar refractivity (Wildman–Crippen MR) is 114 cm³/mol. The Morgan fingerprint density at radius 3 is 2.77 bits per heavy atom. The fraction of sp³-hybridized carbons (Fsp3) is 0.150. The Kier molecular flexibility index (Phi) is 6.81. The monoisotopic (exact) mass is 426 g/mol. The van der Waals surface area contributed by atoms with Gasteiger partial charge in [-0.1, -0.05) is 18.2 Å². The number of benzene rings is 1. The average Bonchev–Trinajstić information content (AvgIpc) is 3.40. The SMILES string of the molecule is C=N/C(=C\C(=C/C)C(=O)NCc1cncs1)n1cnn(Cc2ccc(F)cc2)c1=O. The highest BCUT2D eigenvalue weighted by Crippen LogP contribution is 2.10. The number of thiazole rings is 1. The molecule has 0 radical (unpaired) electrons. The van der Waals surface area contributed by atoms with Gasteiger partial charge in [-0.2, -0.15) is 5.10 Å². The molecule has 10 heteroatoms. The molecule has 0 bridgehead atoms. The van der Waals surface area contributed by atoms with Crippen LogP contribution >= 0.6 is 11.3 Å². The van der Waals surface area contributed by atoms with Gasteiger partial charge in [-0.3, -0.25) is 9.78 Å². The number of carbonyl (C=O) groups excluding carboxylic acids is 1. The first-order valence-corrected chi connectivity index (χ1v) is 9.79. The zero-order valence-electron chi connectivity index (χ0n) is 16.2. The molecule has 2 heterocycles. The van der Waals surface area contributed by atoms with E-state index in [1.54, 1.807) is 36.8 Å². The lowest BCUT2D eigenvalue weighted by Gasteiger charge is -2.06. The van der Waals surface area contributed by atoms with E-state index in [4.69, 9.17) is 0 Å². The molecule has 0 spiro atoms. The third-order valence-electron chi connectivity index (χ3n) is 4.15. The quantitative estimate of drug-likeness (QED) is 0.340. The van der Waals surface area contributed by atoms with Crippen molar-refractivity contribution in [3.05, 3.63) is 86.8 Å². The topological polar surface area (TPSA) is 94.2 Å². The molecule has 0 fully saturated rings. The fourth-order valence-electron chi connectivity index (χ4n) is 2.57. The van der Waals surface area contributed by atoms with Crippen LogP contribution in [-0.4, -0.2) is 32.0 Å². The van der Waals surface area contributed by atoms with Gasteiger partial charge in [0.1, 0.15) is 18.0 Å². The lowest BCUT2D eigenvalue weighted by atomic mass is 10.2. The third-order valence-corrected chi connectivity index (χ3v) is 4.93.